The van der Waals surface area contributed by atoms with Crippen LogP contribution >= 0.6 is 0 Å². The summed E-state index contributed by atoms with van der Waals surface area (Å²) < 4.78 is 14.7. The van der Waals surface area contributed by atoms with Crippen molar-refractivity contribution in [2.75, 3.05) is 5.32 Å². The maximum atomic E-state index is 10.6. The van der Waals surface area contributed by atoms with Gasteiger partial charge in [-0.15, -0.1) is 0 Å². The summed E-state index contributed by atoms with van der Waals surface area (Å²) in [4.78, 5) is 10.6. The van der Waals surface area contributed by atoms with Crippen LogP contribution in [0.15, 0.2) is 24.3 Å². The average Bonchev–Trinajstić information content (AvgIpc) is 2.08. The van der Waals surface area contributed by atoms with E-state index >= 15 is 0 Å². The van der Waals surface area contributed by atoms with Gasteiger partial charge in [0.1, 0.15) is 5.75 Å². The fourth-order valence-corrected chi connectivity index (χ4v) is 1.05. The first-order valence-electron chi connectivity index (χ1n) is 3.59. The fraction of sp³-hybridized carbons (Fsp3) is 0.125. The van der Waals surface area contributed by atoms with Crippen LogP contribution in [-0.2, 0) is 16.7 Å². The molecule has 4 nitrogen and oxygen atoms in total. The zero-order valence-electron chi connectivity index (χ0n) is 6.98. The predicted octanol–water partition coefficient (Wildman–Crippen LogP) is 0.236. The standard InChI is InChI=1S/C8H9NO3S.Na.H/c1-6(10)9-7-2-4-8(5-3-7)12-13-11;;/h2-5,13H,1H3,(H,9,10);;. The Kier molecular flexibility index (Phi) is 6.82. The summed E-state index contributed by atoms with van der Waals surface area (Å²) in [5, 5.41) is 2.60. The molecule has 1 rings (SSSR count). The molecule has 1 N–H and O–H groups in total. The molecule has 0 radical (unpaired) electrons. The van der Waals surface area contributed by atoms with Gasteiger partial charge in [0, 0.05) is 12.6 Å². The zero-order valence-corrected chi connectivity index (χ0v) is 7.88. The van der Waals surface area contributed by atoms with Crippen LogP contribution in [0.25, 0.3) is 0 Å². The number of anilines is 1. The topological polar surface area (TPSA) is 55.4 Å². The van der Waals surface area contributed by atoms with Gasteiger partial charge >= 0.3 is 29.6 Å². The van der Waals surface area contributed by atoms with Crippen molar-refractivity contribution in [1.82, 2.24) is 0 Å². The second kappa shape index (κ2) is 7.00. The zero-order chi connectivity index (χ0) is 9.68. The van der Waals surface area contributed by atoms with E-state index in [1.165, 1.54) is 6.92 Å². The van der Waals surface area contributed by atoms with Gasteiger partial charge in [0.2, 0.25) is 5.91 Å². The van der Waals surface area contributed by atoms with Gasteiger partial charge in [0.25, 0.3) is 0 Å². The number of hydrogen-bond acceptors (Lipinski definition) is 3. The second-order valence-electron chi connectivity index (χ2n) is 2.37. The van der Waals surface area contributed by atoms with Crippen molar-refractivity contribution in [3.8, 4) is 5.75 Å². The molecule has 1 amide bonds. The Morgan fingerprint density at radius 2 is 1.93 bits per heavy atom. The second-order valence-corrected chi connectivity index (χ2v) is 2.70. The Labute approximate surface area is 108 Å². The Hall–Kier alpha value is -0.360. The van der Waals surface area contributed by atoms with E-state index in [1.54, 1.807) is 24.3 Å². The summed E-state index contributed by atoms with van der Waals surface area (Å²) in [7, 11) is 0. The van der Waals surface area contributed by atoms with Crippen molar-refractivity contribution in [3.63, 3.8) is 0 Å². The molecule has 0 aliphatic rings. The molecular formula is C8H10NNaO3S. The first-order valence-corrected chi connectivity index (χ1v) is 4.33. The number of thiol groups is 1. The normalized spacial score (nSPS) is 8.64. The first kappa shape index (κ1) is 13.6. The Morgan fingerprint density at radius 3 is 2.36 bits per heavy atom. The summed E-state index contributed by atoms with van der Waals surface area (Å²) in [5.74, 6) is 0.362. The van der Waals surface area contributed by atoms with Gasteiger partial charge in [-0.2, -0.15) is 0 Å². The molecule has 0 heterocycles. The summed E-state index contributed by atoms with van der Waals surface area (Å²) in [6.45, 7) is 1.43. The SMILES string of the molecule is CC(=O)Nc1ccc(O[SH]=O)cc1.[NaH]. The molecule has 0 fully saturated rings. The molecule has 0 bridgehead atoms. The maximum absolute atomic E-state index is 10.6. The summed E-state index contributed by atoms with van der Waals surface area (Å²) in [5.41, 5.74) is 0.683. The molecule has 6 heteroatoms. The molecule has 0 saturated heterocycles. The molecule has 0 aromatic heterocycles. The Balaban J connectivity index is 0.00000169. The van der Waals surface area contributed by atoms with E-state index in [1.807, 2.05) is 0 Å². The molecule has 1 aromatic rings. The Morgan fingerprint density at radius 1 is 1.36 bits per heavy atom. The monoisotopic (exact) mass is 223 g/mol. The molecule has 14 heavy (non-hydrogen) atoms. The van der Waals surface area contributed by atoms with E-state index in [0.717, 1.165) is 0 Å². The van der Waals surface area contributed by atoms with E-state index in [4.69, 9.17) is 0 Å². The molecule has 0 unspecified atom stereocenters. The van der Waals surface area contributed by atoms with Crippen molar-refractivity contribution >= 4 is 53.1 Å². The molecule has 0 spiro atoms. The number of hydrogen-bond donors (Lipinski definition) is 2. The summed E-state index contributed by atoms with van der Waals surface area (Å²) in [6.07, 6.45) is 0. The van der Waals surface area contributed by atoms with Crippen molar-refractivity contribution < 1.29 is 13.2 Å². The summed E-state index contributed by atoms with van der Waals surface area (Å²) >= 11 is -0.386. The van der Waals surface area contributed by atoms with Crippen LogP contribution in [0.4, 0.5) is 5.69 Å². The predicted molar refractivity (Wildman–Crippen MR) is 58.1 cm³/mol. The van der Waals surface area contributed by atoms with Gasteiger partial charge in [0.05, 0.1) is 0 Å². The molecule has 0 atom stereocenters. The third kappa shape index (κ3) is 4.76. The Bertz CT molecular complexity index is 315. The van der Waals surface area contributed by atoms with Gasteiger partial charge < -0.3 is 9.50 Å². The van der Waals surface area contributed by atoms with Crippen LogP contribution in [0, 0.1) is 0 Å². The third-order valence-electron chi connectivity index (χ3n) is 1.32. The van der Waals surface area contributed by atoms with E-state index < -0.39 is 0 Å². The third-order valence-corrected chi connectivity index (χ3v) is 1.60. The molecule has 0 aliphatic carbocycles. The van der Waals surface area contributed by atoms with Crippen LogP contribution in [0.1, 0.15) is 6.92 Å². The number of rotatable bonds is 3. The van der Waals surface area contributed by atoms with Crippen molar-refractivity contribution in [1.29, 1.82) is 0 Å². The quantitative estimate of drug-likeness (QED) is 0.570. The first-order chi connectivity index (χ1) is 6.22. The van der Waals surface area contributed by atoms with Gasteiger partial charge in [-0.25, -0.2) is 4.21 Å². The molecule has 0 aliphatic heterocycles. The molecule has 1 aromatic carbocycles. The van der Waals surface area contributed by atoms with Gasteiger partial charge in [-0.1, -0.05) is 0 Å². The van der Waals surface area contributed by atoms with Crippen LogP contribution in [-0.4, -0.2) is 39.7 Å². The van der Waals surface area contributed by atoms with E-state index in [2.05, 4.69) is 9.50 Å². The van der Waals surface area contributed by atoms with E-state index in [-0.39, 0.29) is 47.4 Å². The van der Waals surface area contributed by atoms with Gasteiger partial charge in [-0.05, 0) is 24.3 Å². The minimum absolute atomic E-state index is 0. The van der Waals surface area contributed by atoms with Gasteiger partial charge in [-0.3, -0.25) is 4.79 Å². The molecular weight excluding hydrogens is 213 g/mol. The van der Waals surface area contributed by atoms with Crippen molar-refractivity contribution in [3.05, 3.63) is 24.3 Å². The van der Waals surface area contributed by atoms with Crippen LogP contribution in [0.3, 0.4) is 0 Å². The van der Waals surface area contributed by atoms with Gasteiger partial charge in [0.15, 0.2) is 11.9 Å². The number of benzene rings is 1. The van der Waals surface area contributed by atoms with Crippen molar-refractivity contribution in [2.45, 2.75) is 6.92 Å². The van der Waals surface area contributed by atoms with Crippen LogP contribution in [0.5, 0.6) is 5.75 Å². The number of amides is 1. The number of carbonyl (C=O) groups excluding carboxylic acids is 1. The number of carbonyl (C=O) groups is 1. The summed E-state index contributed by atoms with van der Waals surface area (Å²) in [6, 6.07) is 6.58. The minimum atomic E-state index is -0.386. The van der Waals surface area contributed by atoms with E-state index in [9.17, 15) is 9.00 Å². The van der Waals surface area contributed by atoms with E-state index in [0.29, 0.717) is 11.4 Å². The van der Waals surface area contributed by atoms with Crippen LogP contribution in [0.2, 0.25) is 0 Å². The molecule has 72 valence electrons. The molecule has 0 saturated carbocycles. The average molecular weight is 223 g/mol. The van der Waals surface area contributed by atoms with Crippen molar-refractivity contribution in [2.24, 2.45) is 0 Å². The number of nitrogens with one attached hydrogen (secondary N) is 1. The van der Waals surface area contributed by atoms with Crippen LogP contribution < -0.4 is 9.50 Å². The fourth-order valence-electron chi connectivity index (χ4n) is 0.845.